The summed E-state index contributed by atoms with van der Waals surface area (Å²) in [5.74, 6) is -2.24. The summed E-state index contributed by atoms with van der Waals surface area (Å²) in [5.41, 5.74) is 0. The molecule has 0 aromatic rings. The van der Waals surface area contributed by atoms with Crippen LogP contribution in [-0.4, -0.2) is 85.8 Å². The highest BCUT2D eigenvalue weighted by molar-refractivity contribution is 7.92. The number of esters is 1. The van der Waals surface area contributed by atoms with Crippen molar-refractivity contribution in [1.29, 1.82) is 0 Å². The number of ether oxygens (including phenoxy) is 2. The molecule has 3 heterocycles. The van der Waals surface area contributed by atoms with Gasteiger partial charge in [0.1, 0.15) is 0 Å². The molecule has 3 fully saturated rings. The Kier molecular flexibility index (Phi) is 9.66. The Morgan fingerprint density at radius 1 is 0.946 bits per heavy atom. The number of imide groups is 1. The second kappa shape index (κ2) is 12.7. The molecule has 0 radical (unpaired) electrons. The van der Waals surface area contributed by atoms with Gasteiger partial charge >= 0.3 is 18.2 Å². The normalized spacial score (nSPS) is 23.7. The lowest BCUT2D eigenvalue weighted by molar-refractivity contribution is -0.182. The van der Waals surface area contributed by atoms with Crippen molar-refractivity contribution in [2.75, 3.05) is 19.1 Å². The first kappa shape index (κ1) is 28.1. The average Bonchev–Trinajstić information content (AvgIpc) is 3.41. The number of fused-ring (bicyclic) bond motifs is 1. The third kappa shape index (κ3) is 8.03. The molecule has 0 aromatic carbocycles. The maximum absolute atomic E-state index is 12.3. The molecule has 0 aromatic heterocycles. The van der Waals surface area contributed by atoms with Crippen LogP contribution in [0.3, 0.4) is 0 Å². The van der Waals surface area contributed by atoms with E-state index < -0.39 is 57.9 Å². The van der Waals surface area contributed by atoms with Crippen molar-refractivity contribution in [1.82, 2.24) is 21.0 Å². The zero-order valence-electron chi connectivity index (χ0n) is 20.1. The molecule has 0 spiro atoms. The van der Waals surface area contributed by atoms with Crippen molar-refractivity contribution in [3.8, 4) is 0 Å². The summed E-state index contributed by atoms with van der Waals surface area (Å²) >= 11 is 0. The molecule has 0 bridgehead atoms. The maximum Gasteiger partial charge on any atom is 0.536 e. The maximum atomic E-state index is 12.3. The van der Waals surface area contributed by atoms with E-state index in [1.165, 1.54) is 0 Å². The summed E-state index contributed by atoms with van der Waals surface area (Å²) in [6.45, 7) is -0.400. The number of nitrogens with one attached hydrogen (secondary N) is 3. The number of urea groups is 1. The molecule has 0 saturated carbocycles. The fourth-order valence-corrected chi connectivity index (χ4v) is 6.59. The van der Waals surface area contributed by atoms with Gasteiger partial charge in [-0.2, -0.15) is 0 Å². The van der Waals surface area contributed by atoms with Crippen LogP contribution >= 0.6 is 0 Å². The van der Waals surface area contributed by atoms with Gasteiger partial charge in [-0.15, -0.1) is 0 Å². The van der Waals surface area contributed by atoms with E-state index in [9.17, 15) is 37.2 Å². The third-order valence-electron chi connectivity index (χ3n) is 6.16. The first-order valence-corrected chi connectivity index (χ1v) is 13.7. The highest BCUT2D eigenvalue weighted by Gasteiger charge is 2.51. The first-order chi connectivity index (χ1) is 17.6. The molecule has 3 atom stereocenters. The van der Waals surface area contributed by atoms with Crippen LogP contribution in [0, 0.1) is 0 Å². The molecular formula is C21H30N4O11S. The average molecular weight is 547 g/mol. The number of carbonyl (C=O) groups is 6. The largest absolute Gasteiger partial charge is 0.536 e. The van der Waals surface area contributed by atoms with Gasteiger partial charge in [0.15, 0.2) is 9.84 Å². The third-order valence-corrected chi connectivity index (χ3v) is 8.44. The summed E-state index contributed by atoms with van der Waals surface area (Å²) in [6.07, 6.45) is 1.09. The van der Waals surface area contributed by atoms with Gasteiger partial charge in [-0.3, -0.25) is 24.0 Å². The summed E-state index contributed by atoms with van der Waals surface area (Å²) in [5, 5.41) is 7.65. The van der Waals surface area contributed by atoms with Crippen LogP contribution in [0.5, 0.6) is 0 Å². The Bertz CT molecular complexity index is 1020. The molecule has 0 aliphatic carbocycles. The molecule has 37 heavy (non-hydrogen) atoms. The molecule has 5 amide bonds. The SMILES string of the molecule is O=C(CCCC[C@H]1C2NC(=O)NC2CS1(=O)=O)NCCCCC(=O)OCOC(=O)ON1C(=O)CCC1=O. The lowest BCUT2D eigenvalue weighted by atomic mass is 10.0. The zero-order chi connectivity index (χ0) is 27.0. The summed E-state index contributed by atoms with van der Waals surface area (Å²) in [7, 11) is -3.29. The summed E-state index contributed by atoms with van der Waals surface area (Å²) in [4.78, 5) is 73.5. The molecular weight excluding hydrogens is 516 g/mol. The number of hydroxylamine groups is 2. The van der Waals surface area contributed by atoms with Gasteiger partial charge in [-0.05, 0) is 25.7 Å². The van der Waals surface area contributed by atoms with E-state index in [1.807, 2.05) is 0 Å². The van der Waals surface area contributed by atoms with Crippen LogP contribution in [0.25, 0.3) is 0 Å². The van der Waals surface area contributed by atoms with Gasteiger partial charge in [0.05, 0.1) is 23.1 Å². The number of rotatable bonds is 13. The number of sulfone groups is 1. The van der Waals surface area contributed by atoms with Crippen molar-refractivity contribution in [2.45, 2.75) is 75.1 Å². The molecule has 2 unspecified atom stereocenters. The van der Waals surface area contributed by atoms with Crippen molar-refractivity contribution < 1.29 is 51.5 Å². The minimum atomic E-state index is -3.29. The van der Waals surface area contributed by atoms with Crippen LogP contribution in [0.2, 0.25) is 0 Å². The van der Waals surface area contributed by atoms with Crippen molar-refractivity contribution in [2.24, 2.45) is 0 Å². The quantitative estimate of drug-likeness (QED) is 0.0874. The number of amides is 5. The van der Waals surface area contributed by atoms with Crippen molar-refractivity contribution in [3.05, 3.63) is 0 Å². The van der Waals surface area contributed by atoms with Gasteiger partial charge in [-0.25, -0.2) is 18.0 Å². The van der Waals surface area contributed by atoms with E-state index in [2.05, 4.69) is 25.5 Å². The highest BCUT2D eigenvalue weighted by atomic mass is 32.2. The molecule has 3 saturated heterocycles. The lowest BCUT2D eigenvalue weighted by Gasteiger charge is -2.16. The summed E-state index contributed by atoms with van der Waals surface area (Å²) in [6, 6.07) is -1.18. The Hall–Kier alpha value is -3.43. The Morgan fingerprint density at radius 2 is 1.65 bits per heavy atom. The molecule has 16 heteroatoms. The molecule has 3 aliphatic heterocycles. The topological polar surface area (TPSA) is 204 Å². The number of unbranched alkanes of at least 4 members (excludes halogenated alkanes) is 2. The number of hydrogen-bond donors (Lipinski definition) is 3. The number of nitrogens with zero attached hydrogens (tertiary/aromatic N) is 1. The Balaban J connectivity index is 1.17. The van der Waals surface area contributed by atoms with E-state index >= 15 is 0 Å². The van der Waals surface area contributed by atoms with E-state index in [4.69, 9.17) is 4.74 Å². The van der Waals surface area contributed by atoms with Gasteiger partial charge in [0.2, 0.25) is 12.7 Å². The smallest absolute Gasteiger partial charge is 0.428 e. The highest BCUT2D eigenvalue weighted by Crippen LogP contribution is 2.28. The minimum Gasteiger partial charge on any atom is -0.428 e. The molecule has 206 valence electrons. The molecule has 15 nitrogen and oxygen atoms in total. The fraction of sp³-hybridized carbons (Fsp3) is 0.714. The standard InChI is InChI=1S/C21H30N4O11S/c26-15(6-2-1-5-14-19-13(11-37(14,32)33)23-20(30)24-19)22-10-4-3-7-18(29)34-12-35-21(31)36-25-16(27)8-9-17(25)28/h13-14,19H,1-12H2,(H,22,26)(H2,23,24,30)/t13?,14-,19?/m0/s1. The lowest BCUT2D eigenvalue weighted by Crippen LogP contribution is -2.39. The first-order valence-electron chi connectivity index (χ1n) is 12.0. The van der Waals surface area contributed by atoms with Gasteiger partial charge < -0.3 is 25.4 Å². The van der Waals surface area contributed by atoms with Crippen LogP contribution < -0.4 is 16.0 Å². The van der Waals surface area contributed by atoms with Gasteiger partial charge in [0, 0.05) is 32.2 Å². The van der Waals surface area contributed by atoms with Crippen LogP contribution in [0.4, 0.5) is 9.59 Å². The number of carbonyl (C=O) groups excluding carboxylic acids is 6. The van der Waals surface area contributed by atoms with Crippen LogP contribution in [0.1, 0.15) is 57.8 Å². The Labute approximate surface area is 212 Å². The van der Waals surface area contributed by atoms with Crippen molar-refractivity contribution >= 4 is 45.7 Å². The second-order valence-corrected chi connectivity index (χ2v) is 11.1. The van der Waals surface area contributed by atoms with E-state index in [0.29, 0.717) is 43.7 Å². The monoisotopic (exact) mass is 546 g/mol. The molecule has 3 N–H and O–H groups in total. The van der Waals surface area contributed by atoms with Crippen LogP contribution in [0.15, 0.2) is 0 Å². The fourth-order valence-electron chi connectivity index (χ4n) is 4.32. The predicted molar refractivity (Wildman–Crippen MR) is 122 cm³/mol. The summed E-state index contributed by atoms with van der Waals surface area (Å²) < 4.78 is 33.7. The zero-order valence-corrected chi connectivity index (χ0v) is 20.9. The van der Waals surface area contributed by atoms with Gasteiger partial charge in [-0.1, -0.05) is 11.5 Å². The molecule has 3 aliphatic rings. The van der Waals surface area contributed by atoms with E-state index in [1.54, 1.807) is 0 Å². The predicted octanol–water partition coefficient (Wildman–Crippen LogP) is -0.602. The molecule has 3 rings (SSSR count). The minimum absolute atomic E-state index is 0.0147. The van der Waals surface area contributed by atoms with Crippen molar-refractivity contribution in [3.63, 3.8) is 0 Å². The second-order valence-electron chi connectivity index (χ2n) is 8.87. The Morgan fingerprint density at radius 3 is 2.38 bits per heavy atom. The van der Waals surface area contributed by atoms with Gasteiger partial charge in [0.25, 0.3) is 11.8 Å². The van der Waals surface area contributed by atoms with Crippen LogP contribution in [-0.2, 0) is 43.3 Å². The van der Waals surface area contributed by atoms with E-state index in [-0.39, 0.29) is 43.4 Å². The number of hydrogen-bond acceptors (Lipinski definition) is 11. The van der Waals surface area contributed by atoms with E-state index in [0.717, 1.165) is 0 Å².